The summed E-state index contributed by atoms with van der Waals surface area (Å²) in [5.74, 6) is 7.02. The lowest BCUT2D eigenvalue weighted by Crippen LogP contribution is -2.62. The van der Waals surface area contributed by atoms with E-state index in [2.05, 4.69) is 52.9 Å². The number of hydrogen-bond donors (Lipinski definition) is 3. The molecule has 2 amide bonds. The van der Waals surface area contributed by atoms with Gasteiger partial charge in [-0.2, -0.15) is 0 Å². The molecule has 0 aliphatic carbocycles. The largest absolute Gasteiger partial charge is 0.494 e. The molecule has 5 rings (SSSR count). The molecule has 1 unspecified atom stereocenters. The predicted molar refractivity (Wildman–Crippen MR) is 147 cm³/mol. The van der Waals surface area contributed by atoms with Crippen LogP contribution in [0.4, 0.5) is 11.4 Å². The highest BCUT2D eigenvalue weighted by Gasteiger charge is 2.46. The van der Waals surface area contributed by atoms with Crippen LogP contribution in [0.2, 0.25) is 0 Å². The molecular weight excluding hydrogens is 478 g/mol. The average Bonchev–Trinajstić information content (AvgIpc) is 3.26. The van der Waals surface area contributed by atoms with E-state index in [1.54, 1.807) is 24.4 Å². The molecule has 38 heavy (non-hydrogen) atoms. The Labute approximate surface area is 222 Å². The molecule has 3 aromatic rings. The first-order valence-corrected chi connectivity index (χ1v) is 12.6. The van der Waals surface area contributed by atoms with E-state index in [1.807, 2.05) is 31.2 Å². The van der Waals surface area contributed by atoms with Crippen molar-refractivity contribution in [1.82, 2.24) is 20.2 Å². The van der Waals surface area contributed by atoms with Gasteiger partial charge in [-0.3, -0.25) is 14.6 Å². The van der Waals surface area contributed by atoms with E-state index in [4.69, 9.17) is 4.74 Å². The van der Waals surface area contributed by atoms with Crippen LogP contribution >= 0.6 is 0 Å². The Morgan fingerprint density at radius 2 is 2.16 bits per heavy atom. The lowest BCUT2D eigenvalue weighted by atomic mass is 9.75. The first-order chi connectivity index (χ1) is 18.2. The number of ether oxygens (including phenoxy) is 1. The third-order valence-electron chi connectivity index (χ3n) is 7.16. The van der Waals surface area contributed by atoms with Crippen molar-refractivity contribution in [3.05, 3.63) is 71.7 Å². The molecular formula is C30H31N5O3. The molecule has 2 aliphatic heterocycles. The molecule has 1 aromatic carbocycles. The van der Waals surface area contributed by atoms with Crippen molar-refractivity contribution in [3.63, 3.8) is 0 Å². The molecule has 3 N–H and O–H groups in total. The molecule has 1 fully saturated rings. The van der Waals surface area contributed by atoms with E-state index >= 15 is 0 Å². The number of nitrogens with zero attached hydrogens (tertiary/aromatic N) is 2. The third-order valence-corrected chi connectivity index (χ3v) is 7.16. The number of methoxy groups -OCH3 is 1. The maximum Gasteiger partial charge on any atom is 0.255 e. The van der Waals surface area contributed by atoms with Crippen molar-refractivity contribution in [1.29, 1.82) is 0 Å². The molecule has 194 valence electrons. The highest BCUT2D eigenvalue weighted by molar-refractivity contribution is 6.06. The molecule has 2 aromatic heterocycles. The van der Waals surface area contributed by atoms with Crippen molar-refractivity contribution >= 4 is 23.2 Å². The van der Waals surface area contributed by atoms with Gasteiger partial charge in [-0.25, -0.2) is 0 Å². The Morgan fingerprint density at radius 3 is 2.89 bits per heavy atom. The van der Waals surface area contributed by atoms with Crippen molar-refractivity contribution < 1.29 is 14.3 Å². The highest BCUT2D eigenvalue weighted by atomic mass is 16.5. The van der Waals surface area contributed by atoms with Crippen molar-refractivity contribution in [2.75, 3.05) is 25.5 Å². The average molecular weight is 510 g/mol. The number of aromatic nitrogens is 2. The zero-order chi connectivity index (χ0) is 27.0. The van der Waals surface area contributed by atoms with Crippen LogP contribution in [0.3, 0.4) is 0 Å². The summed E-state index contributed by atoms with van der Waals surface area (Å²) in [5.41, 5.74) is 5.94. The summed E-state index contributed by atoms with van der Waals surface area (Å²) >= 11 is 0. The number of aryl methyl sites for hydroxylation is 1. The number of likely N-dealkylation sites (tertiary alicyclic amines) is 1. The summed E-state index contributed by atoms with van der Waals surface area (Å²) in [6.45, 7) is 11.0. The van der Waals surface area contributed by atoms with Gasteiger partial charge in [0.1, 0.15) is 11.8 Å². The van der Waals surface area contributed by atoms with Gasteiger partial charge in [-0.15, -0.1) is 0 Å². The second-order valence-electron chi connectivity index (χ2n) is 10.3. The number of H-pyrrole nitrogens is 1. The summed E-state index contributed by atoms with van der Waals surface area (Å²) < 4.78 is 5.66. The summed E-state index contributed by atoms with van der Waals surface area (Å²) in [7, 11) is 1.63. The third kappa shape index (κ3) is 4.30. The summed E-state index contributed by atoms with van der Waals surface area (Å²) in [4.78, 5) is 34.9. The van der Waals surface area contributed by atoms with Crippen molar-refractivity contribution in [3.8, 4) is 28.8 Å². The van der Waals surface area contributed by atoms with Crippen LogP contribution in [0, 0.1) is 24.2 Å². The van der Waals surface area contributed by atoms with E-state index in [9.17, 15) is 9.59 Å². The van der Waals surface area contributed by atoms with Crippen LogP contribution in [0.15, 0.2) is 49.3 Å². The Morgan fingerprint density at radius 1 is 1.34 bits per heavy atom. The molecule has 0 radical (unpaired) electrons. The van der Waals surface area contributed by atoms with Crippen molar-refractivity contribution in [2.45, 2.75) is 33.2 Å². The van der Waals surface area contributed by atoms with Gasteiger partial charge in [0.25, 0.3) is 5.91 Å². The molecule has 1 atom stereocenters. The number of aromatic amines is 1. The van der Waals surface area contributed by atoms with Crippen molar-refractivity contribution in [2.24, 2.45) is 5.41 Å². The maximum absolute atomic E-state index is 13.0. The molecule has 8 heteroatoms. The van der Waals surface area contributed by atoms with E-state index in [-0.39, 0.29) is 23.3 Å². The Balaban J connectivity index is 1.62. The molecule has 4 heterocycles. The Kier molecular flexibility index (Phi) is 6.45. The van der Waals surface area contributed by atoms with Crippen LogP contribution in [-0.2, 0) is 11.2 Å². The minimum atomic E-state index is -0.238. The number of nitrogens with one attached hydrogen (secondary N) is 3. The van der Waals surface area contributed by atoms with Gasteiger partial charge in [-0.05, 0) is 30.7 Å². The first kappa shape index (κ1) is 25.2. The second kappa shape index (κ2) is 9.75. The molecule has 0 bridgehead atoms. The van der Waals surface area contributed by atoms with E-state index in [1.165, 1.54) is 6.08 Å². The van der Waals surface area contributed by atoms with E-state index in [0.29, 0.717) is 42.1 Å². The van der Waals surface area contributed by atoms with Gasteiger partial charge >= 0.3 is 0 Å². The fourth-order valence-electron chi connectivity index (χ4n) is 5.24. The van der Waals surface area contributed by atoms with Crippen LogP contribution in [0.25, 0.3) is 11.3 Å². The lowest BCUT2D eigenvalue weighted by molar-refractivity contribution is -0.140. The summed E-state index contributed by atoms with van der Waals surface area (Å²) in [6.07, 6.45) is 5.43. The van der Waals surface area contributed by atoms with Gasteiger partial charge in [-0.1, -0.05) is 44.4 Å². The zero-order valence-corrected chi connectivity index (χ0v) is 22.1. The molecule has 1 saturated heterocycles. The van der Waals surface area contributed by atoms with Crippen LogP contribution < -0.4 is 15.4 Å². The Bertz CT molecular complexity index is 1510. The van der Waals surface area contributed by atoms with Crippen LogP contribution in [0.1, 0.15) is 41.0 Å². The van der Waals surface area contributed by atoms with Gasteiger partial charge in [0.05, 0.1) is 35.3 Å². The fourth-order valence-corrected chi connectivity index (χ4v) is 5.24. The number of benzene rings is 1. The molecule has 2 aliphatic rings. The summed E-state index contributed by atoms with van der Waals surface area (Å²) in [6, 6.07) is 7.49. The van der Waals surface area contributed by atoms with Gasteiger partial charge in [0.2, 0.25) is 5.91 Å². The number of rotatable bonds is 5. The SMILES string of the molecule is C=CC(=O)N1CC(C)(C)C1C#Cc1cnccc1-c1[nH]c2c(c1Nc1cccc(C)c1OC)C(=O)NCC2. The number of anilines is 2. The summed E-state index contributed by atoms with van der Waals surface area (Å²) in [5, 5.41) is 6.43. The Hall–Kier alpha value is -4.51. The van der Waals surface area contributed by atoms with Gasteiger partial charge in [0.15, 0.2) is 0 Å². The number of amides is 2. The molecule has 8 nitrogen and oxygen atoms in total. The van der Waals surface area contributed by atoms with Crippen LogP contribution in [-0.4, -0.2) is 52.9 Å². The number of hydrogen-bond acceptors (Lipinski definition) is 5. The zero-order valence-electron chi connectivity index (χ0n) is 22.1. The van der Waals surface area contributed by atoms with Gasteiger partial charge < -0.3 is 25.3 Å². The number of para-hydroxylation sites is 1. The van der Waals surface area contributed by atoms with E-state index < -0.39 is 0 Å². The number of carbonyl (C=O) groups is 2. The minimum absolute atomic E-state index is 0.128. The monoisotopic (exact) mass is 509 g/mol. The number of fused-ring (bicyclic) bond motifs is 1. The second-order valence-corrected chi connectivity index (χ2v) is 10.3. The minimum Gasteiger partial charge on any atom is -0.494 e. The number of pyridine rings is 1. The topological polar surface area (TPSA) is 99.3 Å². The van der Waals surface area contributed by atoms with E-state index in [0.717, 1.165) is 28.2 Å². The maximum atomic E-state index is 13.0. The van der Waals surface area contributed by atoms with Gasteiger partial charge in [0, 0.05) is 48.6 Å². The molecule has 0 saturated carbocycles. The lowest BCUT2D eigenvalue weighted by Gasteiger charge is -2.51. The first-order valence-electron chi connectivity index (χ1n) is 12.6. The standard InChI is InChI=1S/C30H31N5O3/c1-6-24(36)35-17-30(3,4)23(35)11-10-19-16-31-14-12-20(19)26-27(25-21(33-26)13-15-32-29(25)37)34-22-9-7-8-18(2)28(22)38-5/h6-9,12,14,16,23,33-34H,1,13,15,17H2,2-5H3,(H,32,37). The predicted octanol–water partition coefficient (Wildman–Crippen LogP) is 4.20. The fraction of sp³-hybridized carbons (Fsp3) is 0.300. The highest BCUT2D eigenvalue weighted by Crippen LogP contribution is 2.41. The quantitative estimate of drug-likeness (QED) is 0.354. The van der Waals surface area contributed by atoms with Crippen LogP contribution in [0.5, 0.6) is 5.75 Å². The normalized spacial score (nSPS) is 17.3. The number of carbonyl (C=O) groups excluding carboxylic acids is 2. The molecule has 0 spiro atoms. The smallest absolute Gasteiger partial charge is 0.255 e.